The van der Waals surface area contributed by atoms with Gasteiger partial charge in [-0.3, -0.25) is 0 Å². The first-order valence-electron chi connectivity index (χ1n) is 5.61. The van der Waals surface area contributed by atoms with Crippen molar-refractivity contribution in [1.29, 1.82) is 0 Å². The molecule has 0 aromatic heterocycles. The third-order valence-electron chi connectivity index (χ3n) is 2.53. The van der Waals surface area contributed by atoms with Crippen molar-refractivity contribution in [1.82, 2.24) is 0 Å². The monoisotopic (exact) mass is 222 g/mol. The zero-order valence-electron chi connectivity index (χ0n) is 10.6. The Bertz CT molecular complexity index is 342. The van der Waals surface area contributed by atoms with E-state index in [4.69, 9.17) is 10.5 Å². The first-order valence-corrected chi connectivity index (χ1v) is 5.61. The van der Waals surface area contributed by atoms with Crippen LogP contribution in [-0.2, 0) is 5.41 Å². The van der Waals surface area contributed by atoms with Crippen molar-refractivity contribution >= 4 is 5.69 Å². The van der Waals surface area contributed by atoms with Gasteiger partial charge in [0.2, 0.25) is 0 Å². The molecule has 90 valence electrons. The maximum atomic E-state index is 5.46. The van der Waals surface area contributed by atoms with Gasteiger partial charge in [0.15, 0.2) is 0 Å². The minimum Gasteiger partial charge on any atom is -0.495 e. The first-order chi connectivity index (χ1) is 7.49. The number of hydrogen-bond donors (Lipinski definition) is 2. The van der Waals surface area contributed by atoms with E-state index in [2.05, 4.69) is 44.3 Å². The highest BCUT2D eigenvalue weighted by atomic mass is 16.5. The average Bonchev–Trinajstić information content (AvgIpc) is 2.24. The van der Waals surface area contributed by atoms with Gasteiger partial charge in [-0.25, -0.2) is 0 Å². The molecule has 16 heavy (non-hydrogen) atoms. The second-order valence-electron chi connectivity index (χ2n) is 4.88. The van der Waals surface area contributed by atoms with Crippen LogP contribution in [0.15, 0.2) is 18.2 Å². The van der Waals surface area contributed by atoms with E-state index in [1.54, 1.807) is 7.11 Å². The van der Waals surface area contributed by atoms with E-state index in [0.29, 0.717) is 6.54 Å². The number of methoxy groups -OCH3 is 1. The molecule has 3 nitrogen and oxygen atoms in total. The van der Waals surface area contributed by atoms with Crippen LogP contribution in [0, 0.1) is 0 Å². The highest BCUT2D eigenvalue weighted by Gasteiger charge is 2.15. The van der Waals surface area contributed by atoms with Crippen LogP contribution in [0.5, 0.6) is 5.75 Å². The molecule has 0 saturated carbocycles. The molecule has 0 bridgehead atoms. The van der Waals surface area contributed by atoms with Crippen molar-refractivity contribution in [2.75, 3.05) is 25.5 Å². The summed E-state index contributed by atoms with van der Waals surface area (Å²) in [7, 11) is 1.69. The molecule has 0 aliphatic heterocycles. The Morgan fingerprint density at radius 2 is 2.00 bits per heavy atom. The van der Waals surface area contributed by atoms with Crippen molar-refractivity contribution < 1.29 is 4.74 Å². The van der Waals surface area contributed by atoms with E-state index < -0.39 is 0 Å². The molecule has 3 N–H and O–H groups in total. The zero-order chi connectivity index (χ0) is 12.2. The normalized spacial score (nSPS) is 11.3. The summed E-state index contributed by atoms with van der Waals surface area (Å²) in [6.45, 7) is 7.94. The van der Waals surface area contributed by atoms with Gasteiger partial charge < -0.3 is 15.8 Å². The fourth-order valence-corrected chi connectivity index (χ4v) is 1.51. The smallest absolute Gasteiger partial charge is 0.142 e. The first kappa shape index (κ1) is 12.8. The predicted molar refractivity (Wildman–Crippen MR) is 69.2 cm³/mol. The van der Waals surface area contributed by atoms with Crippen LogP contribution in [0.25, 0.3) is 0 Å². The van der Waals surface area contributed by atoms with Gasteiger partial charge in [-0.1, -0.05) is 26.8 Å². The molecule has 0 spiro atoms. The van der Waals surface area contributed by atoms with Gasteiger partial charge in [0.25, 0.3) is 0 Å². The highest BCUT2D eigenvalue weighted by molar-refractivity contribution is 5.58. The van der Waals surface area contributed by atoms with E-state index in [0.717, 1.165) is 18.0 Å². The lowest BCUT2D eigenvalue weighted by Gasteiger charge is -2.21. The van der Waals surface area contributed by atoms with Crippen LogP contribution in [0.3, 0.4) is 0 Å². The molecule has 0 atom stereocenters. The minimum absolute atomic E-state index is 0.139. The molecular formula is C13H22N2O. The molecule has 0 saturated heterocycles. The van der Waals surface area contributed by atoms with Crippen LogP contribution in [0.4, 0.5) is 5.69 Å². The van der Waals surface area contributed by atoms with Crippen molar-refractivity contribution in [3.63, 3.8) is 0 Å². The topological polar surface area (TPSA) is 47.3 Å². The molecule has 0 heterocycles. The Labute approximate surface area is 98.0 Å². The van der Waals surface area contributed by atoms with Crippen molar-refractivity contribution in [3.05, 3.63) is 23.8 Å². The summed E-state index contributed by atoms with van der Waals surface area (Å²) in [4.78, 5) is 0. The zero-order valence-corrected chi connectivity index (χ0v) is 10.6. The highest BCUT2D eigenvalue weighted by Crippen LogP contribution is 2.31. The lowest BCUT2D eigenvalue weighted by molar-refractivity contribution is 0.414. The molecule has 0 aliphatic rings. The SMILES string of the molecule is COc1cc(C(C)(C)C)ccc1NCCN. The van der Waals surface area contributed by atoms with Crippen LogP contribution < -0.4 is 15.8 Å². The van der Waals surface area contributed by atoms with Gasteiger partial charge in [0.1, 0.15) is 5.75 Å². The standard InChI is InChI=1S/C13H22N2O/c1-13(2,3)10-5-6-11(15-8-7-14)12(9-10)16-4/h5-6,9,15H,7-8,14H2,1-4H3. The number of benzene rings is 1. The van der Waals surface area contributed by atoms with Gasteiger partial charge >= 0.3 is 0 Å². The molecule has 0 amide bonds. The number of anilines is 1. The maximum Gasteiger partial charge on any atom is 0.142 e. The number of rotatable bonds is 4. The van der Waals surface area contributed by atoms with Crippen LogP contribution >= 0.6 is 0 Å². The van der Waals surface area contributed by atoms with E-state index in [1.807, 2.05) is 0 Å². The van der Waals surface area contributed by atoms with Crippen molar-refractivity contribution in [2.45, 2.75) is 26.2 Å². The molecular weight excluding hydrogens is 200 g/mol. The summed E-state index contributed by atoms with van der Waals surface area (Å²) >= 11 is 0. The van der Waals surface area contributed by atoms with Crippen LogP contribution in [0.1, 0.15) is 26.3 Å². The van der Waals surface area contributed by atoms with Gasteiger partial charge in [0, 0.05) is 13.1 Å². The quantitative estimate of drug-likeness (QED) is 0.822. The fourth-order valence-electron chi connectivity index (χ4n) is 1.51. The predicted octanol–water partition coefficient (Wildman–Crippen LogP) is 2.36. The number of hydrogen-bond acceptors (Lipinski definition) is 3. The van der Waals surface area contributed by atoms with Gasteiger partial charge in [-0.2, -0.15) is 0 Å². The molecule has 0 unspecified atom stereocenters. The third-order valence-corrected chi connectivity index (χ3v) is 2.53. The second-order valence-corrected chi connectivity index (χ2v) is 4.88. The molecule has 1 aromatic carbocycles. The van der Waals surface area contributed by atoms with Crippen LogP contribution in [0.2, 0.25) is 0 Å². The van der Waals surface area contributed by atoms with E-state index in [-0.39, 0.29) is 5.41 Å². The minimum atomic E-state index is 0.139. The van der Waals surface area contributed by atoms with Crippen molar-refractivity contribution in [3.8, 4) is 5.75 Å². The largest absolute Gasteiger partial charge is 0.495 e. The summed E-state index contributed by atoms with van der Waals surface area (Å²) in [6, 6.07) is 6.26. The van der Waals surface area contributed by atoms with Gasteiger partial charge in [0.05, 0.1) is 12.8 Å². The molecule has 0 aliphatic carbocycles. The summed E-state index contributed by atoms with van der Waals surface area (Å²) in [5.74, 6) is 0.876. The van der Waals surface area contributed by atoms with E-state index in [1.165, 1.54) is 5.56 Å². The van der Waals surface area contributed by atoms with Gasteiger partial charge in [-0.05, 0) is 23.1 Å². The Balaban J connectivity index is 2.97. The van der Waals surface area contributed by atoms with Crippen molar-refractivity contribution in [2.24, 2.45) is 5.73 Å². The summed E-state index contributed by atoms with van der Waals surface area (Å²) < 4.78 is 5.37. The Morgan fingerprint density at radius 1 is 1.31 bits per heavy atom. The Kier molecular flexibility index (Phi) is 4.19. The Hall–Kier alpha value is -1.22. The molecule has 1 rings (SSSR count). The number of nitrogens with two attached hydrogens (primary N) is 1. The molecule has 1 aromatic rings. The number of ether oxygens (including phenoxy) is 1. The fraction of sp³-hybridized carbons (Fsp3) is 0.538. The number of nitrogens with one attached hydrogen (secondary N) is 1. The molecule has 0 radical (unpaired) electrons. The van der Waals surface area contributed by atoms with Crippen LogP contribution in [-0.4, -0.2) is 20.2 Å². The maximum absolute atomic E-state index is 5.46. The second kappa shape index (κ2) is 5.21. The van der Waals surface area contributed by atoms with E-state index in [9.17, 15) is 0 Å². The lowest BCUT2D eigenvalue weighted by atomic mass is 9.87. The average molecular weight is 222 g/mol. The lowest BCUT2D eigenvalue weighted by Crippen LogP contribution is -2.15. The summed E-state index contributed by atoms with van der Waals surface area (Å²) in [6.07, 6.45) is 0. The van der Waals surface area contributed by atoms with E-state index >= 15 is 0 Å². The molecule has 0 fully saturated rings. The molecule has 3 heteroatoms. The summed E-state index contributed by atoms with van der Waals surface area (Å²) in [5, 5.41) is 3.24. The third kappa shape index (κ3) is 3.14. The Morgan fingerprint density at radius 3 is 2.50 bits per heavy atom. The summed E-state index contributed by atoms with van der Waals surface area (Å²) in [5.41, 5.74) is 7.87. The van der Waals surface area contributed by atoms with Gasteiger partial charge in [-0.15, -0.1) is 0 Å².